The second-order valence-corrected chi connectivity index (χ2v) is 5.66. The van der Waals surface area contributed by atoms with Crippen LogP contribution in [0.5, 0.6) is 5.75 Å². The molecule has 1 heterocycles. The molecule has 0 fully saturated rings. The predicted octanol–water partition coefficient (Wildman–Crippen LogP) is 2.68. The van der Waals surface area contributed by atoms with E-state index in [4.69, 9.17) is 4.74 Å². The molecule has 0 amide bonds. The first kappa shape index (κ1) is 17.2. The topological polar surface area (TPSA) is 108 Å². The minimum Gasteiger partial charge on any atom is -0.497 e. The smallest absolute Gasteiger partial charge is 0.438 e. The van der Waals surface area contributed by atoms with Gasteiger partial charge in [0.05, 0.1) is 17.9 Å². The number of hydrogen-bond acceptors (Lipinski definition) is 6. The molecule has 0 atom stereocenters. The average molecular weight is 355 g/mol. The van der Waals surface area contributed by atoms with Gasteiger partial charge in [-0.25, -0.2) is 4.99 Å². The molecular formula is C17H17N5O4. The van der Waals surface area contributed by atoms with Crippen molar-refractivity contribution in [2.75, 3.05) is 7.11 Å². The Morgan fingerprint density at radius 2 is 1.85 bits per heavy atom. The van der Waals surface area contributed by atoms with Crippen molar-refractivity contribution in [3.63, 3.8) is 0 Å². The molecule has 3 aromatic rings. The minimum absolute atomic E-state index is 0.269. The lowest BCUT2D eigenvalue weighted by Gasteiger charge is -2.02. The van der Waals surface area contributed by atoms with Crippen molar-refractivity contribution in [3.05, 3.63) is 69.2 Å². The maximum absolute atomic E-state index is 11.4. The Kier molecular flexibility index (Phi) is 4.44. The lowest BCUT2D eigenvalue weighted by molar-refractivity contribution is -0.391. The fourth-order valence-electron chi connectivity index (χ4n) is 2.37. The number of methoxy groups -OCH3 is 1. The van der Waals surface area contributed by atoms with Crippen LogP contribution in [0.25, 0.3) is 5.69 Å². The largest absolute Gasteiger partial charge is 0.497 e. The van der Waals surface area contributed by atoms with Gasteiger partial charge in [-0.2, -0.15) is 0 Å². The highest BCUT2D eigenvalue weighted by Gasteiger charge is 2.24. The van der Waals surface area contributed by atoms with Crippen LogP contribution in [0.15, 0.2) is 47.5 Å². The van der Waals surface area contributed by atoms with E-state index in [2.05, 4.69) is 10.1 Å². The van der Waals surface area contributed by atoms with Gasteiger partial charge in [-0.15, -0.1) is 0 Å². The SMILES string of the molecule is COc1ccc(-n2nc([N+](=O)[O-])c(=Nc3ccc(C)c(C)c3)n2O)cc1. The molecule has 0 saturated heterocycles. The molecule has 134 valence electrons. The van der Waals surface area contributed by atoms with Gasteiger partial charge in [0.15, 0.2) is 0 Å². The highest BCUT2D eigenvalue weighted by molar-refractivity contribution is 5.44. The van der Waals surface area contributed by atoms with Crippen LogP contribution in [-0.4, -0.2) is 32.0 Å². The van der Waals surface area contributed by atoms with Gasteiger partial charge in [-0.1, -0.05) is 10.9 Å². The van der Waals surface area contributed by atoms with Crippen LogP contribution in [0.4, 0.5) is 11.5 Å². The Balaban J connectivity index is 2.18. The van der Waals surface area contributed by atoms with Gasteiger partial charge in [0.2, 0.25) is 0 Å². The van der Waals surface area contributed by atoms with Crippen molar-refractivity contribution in [1.29, 1.82) is 0 Å². The summed E-state index contributed by atoms with van der Waals surface area (Å²) in [6.07, 6.45) is 0. The summed E-state index contributed by atoms with van der Waals surface area (Å²) in [5, 5.41) is 25.6. The first-order chi connectivity index (χ1) is 12.4. The van der Waals surface area contributed by atoms with Crippen molar-refractivity contribution in [1.82, 2.24) is 14.7 Å². The van der Waals surface area contributed by atoms with E-state index in [1.54, 1.807) is 36.4 Å². The normalized spacial score (nSPS) is 11.6. The molecule has 2 aromatic carbocycles. The molecule has 0 unspecified atom stereocenters. The number of nitrogens with zero attached hydrogens (tertiary/aromatic N) is 5. The van der Waals surface area contributed by atoms with E-state index in [1.165, 1.54) is 7.11 Å². The molecule has 9 nitrogen and oxygen atoms in total. The van der Waals surface area contributed by atoms with Crippen molar-refractivity contribution in [2.45, 2.75) is 13.8 Å². The first-order valence-corrected chi connectivity index (χ1v) is 7.73. The van der Waals surface area contributed by atoms with Crippen LogP contribution >= 0.6 is 0 Å². The van der Waals surface area contributed by atoms with Crippen molar-refractivity contribution in [2.24, 2.45) is 4.99 Å². The number of aromatic nitrogens is 3. The molecule has 0 saturated carbocycles. The van der Waals surface area contributed by atoms with E-state index in [1.807, 2.05) is 19.9 Å². The molecule has 26 heavy (non-hydrogen) atoms. The zero-order valence-electron chi connectivity index (χ0n) is 14.4. The van der Waals surface area contributed by atoms with Crippen molar-refractivity contribution >= 4 is 11.5 Å². The standard InChI is InChI=1S/C17H17N5O4/c1-11-4-5-13(10-12(11)2)18-16-17(22(24)25)19-20(21(16)23)14-6-8-15(26-3)9-7-14/h4-10,23H,1-3H3. The molecule has 0 radical (unpaired) electrons. The number of aryl methyl sites for hydroxylation is 2. The third kappa shape index (κ3) is 3.14. The Bertz CT molecular complexity index is 1030. The van der Waals surface area contributed by atoms with Crippen LogP contribution in [0.3, 0.4) is 0 Å². The van der Waals surface area contributed by atoms with E-state index in [0.717, 1.165) is 15.9 Å². The summed E-state index contributed by atoms with van der Waals surface area (Å²) in [6, 6.07) is 11.9. The lowest BCUT2D eigenvalue weighted by atomic mass is 10.1. The zero-order chi connectivity index (χ0) is 18.8. The molecule has 1 aromatic heterocycles. The van der Waals surface area contributed by atoms with Crippen LogP contribution in [0.2, 0.25) is 0 Å². The average Bonchev–Trinajstić information content (AvgIpc) is 2.95. The fraction of sp³-hybridized carbons (Fsp3) is 0.176. The highest BCUT2D eigenvalue weighted by Crippen LogP contribution is 2.18. The molecule has 9 heteroatoms. The fourth-order valence-corrected chi connectivity index (χ4v) is 2.37. The van der Waals surface area contributed by atoms with E-state index < -0.39 is 10.7 Å². The molecule has 0 spiro atoms. The van der Waals surface area contributed by atoms with Gasteiger partial charge in [0.25, 0.3) is 5.49 Å². The third-order valence-electron chi connectivity index (χ3n) is 3.96. The van der Waals surface area contributed by atoms with Gasteiger partial charge >= 0.3 is 5.82 Å². The molecule has 1 N–H and O–H groups in total. The molecule has 0 aliphatic heterocycles. The Labute approximate surface area is 148 Å². The van der Waals surface area contributed by atoms with Crippen molar-refractivity contribution in [3.8, 4) is 11.4 Å². The summed E-state index contributed by atoms with van der Waals surface area (Å²) in [7, 11) is 1.53. The summed E-state index contributed by atoms with van der Waals surface area (Å²) in [5.41, 5.74) is 2.69. The zero-order valence-corrected chi connectivity index (χ0v) is 14.4. The van der Waals surface area contributed by atoms with E-state index in [9.17, 15) is 15.3 Å². The summed E-state index contributed by atoms with van der Waals surface area (Å²) >= 11 is 0. The molecule has 0 aliphatic carbocycles. The summed E-state index contributed by atoms with van der Waals surface area (Å²) < 4.78 is 5.08. The predicted molar refractivity (Wildman–Crippen MR) is 93.1 cm³/mol. The van der Waals surface area contributed by atoms with E-state index in [0.29, 0.717) is 22.0 Å². The van der Waals surface area contributed by atoms with Gasteiger partial charge < -0.3 is 20.1 Å². The van der Waals surface area contributed by atoms with Crippen LogP contribution in [0.1, 0.15) is 11.1 Å². The molecular weight excluding hydrogens is 338 g/mol. The summed E-state index contributed by atoms with van der Waals surface area (Å²) in [6.45, 7) is 3.87. The number of hydrogen-bond donors (Lipinski definition) is 1. The lowest BCUT2D eigenvalue weighted by Crippen LogP contribution is -2.22. The molecule has 3 rings (SSSR count). The monoisotopic (exact) mass is 355 g/mol. The van der Waals surface area contributed by atoms with Gasteiger partial charge in [0.1, 0.15) is 11.4 Å². The second-order valence-electron chi connectivity index (χ2n) is 5.66. The second kappa shape index (κ2) is 6.71. The Morgan fingerprint density at radius 1 is 1.15 bits per heavy atom. The van der Waals surface area contributed by atoms with Crippen LogP contribution < -0.4 is 10.2 Å². The number of ether oxygens (including phenoxy) is 1. The first-order valence-electron chi connectivity index (χ1n) is 7.73. The quantitative estimate of drug-likeness (QED) is 0.440. The van der Waals surface area contributed by atoms with Gasteiger partial charge in [0, 0.05) is 0 Å². The number of rotatable bonds is 4. The summed E-state index contributed by atoms with van der Waals surface area (Å²) in [5.74, 6) is 0.0569. The Hall–Kier alpha value is -3.62. The third-order valence-corrected chi connectivity index (χ3v) is 3.96. The van der Waals surface area contributed by atoms with E-state index in [-0.39, 0.29) is 5.49 Å². The summed E-state index contributed by atoms with van der Waals surface area (Å²) in [4.78, 5) is 16.4. The van der Waals surface area contributed by atoms with E-state index >= 15 is 0 Å². The van der Waals surface area contributed by atoms with Gasteiger partial charge in [-0.05, 0) is 71.1 Å². The molecule has 0 aliphatic rings. The highest BCUT2D eigenvalue weighted by atomic mass is 16.6. The number of benzene rings is 2. The maximum atomic E-state index is 11.4. The molecule has 0 bridgehead atoms. The van der Waals surface area contributed by atoms with Crippen LogP contribution in [0, 0.1) is 24.0 Å². The maximum Gasteiger partial charge on any atom is 0.438 e. The minimum atomic E-state index is -0.688. The number of nitro groups is 1. The van der Waals surface area contributed by atoms with Crippen molar-refractivity contribution < 1.29 is 14.9 Å². The Morgan fingerprint density at radius 3 is 2.42 bits per heavy atom. The van der Waals surface area contributed by atoms with Crippen LogP contribution in [-0.2, 0) is 0 Å². The van der Waals surface area contributed by atoms with Gasteiger partial charge in [-0.3, -0.25) is 0 Å².